The van der Waals surface area contributed by atoms with Crippen molar-refractivity contribution in [3.05, 3.63) is 78.1 Å². The summed E-state index contributed by atoms with van der Waals surface area (Å²) in [6.45, 7) is 8.47. The summed E-state index contributed by atoms with van der Waals surface area (Å²) in [7, 11) is 0. The standard InChI is InChI=1S/C22H22N4O/c1-14(2)21-15(3)23-24-22(21)17-10-7-11-19-18(17)12-26(25-19)13-20(27)16-8-5-4-6-9-16/h4-12,20,27H,1,13H2,2-3H3,(H,23,24)/t20-/m0/s1. The molecule has 0 spiro atoms. The van der Waals surface area contributed by atoms with Gasteiger partial charge in [0.05, 0.1) is 18.2 Å². The lowest BCUT2D eigenvalue weighted by Crippen LogP contribution is -2.08. The second-order valence-corrected chi connectivity index (χ2v) is 6.87. The minimum atomic E-state index is -0.609. The highest BCUT2D eigenvalue weighted by atomic mass is 16.3. The molecule has 0 saturated carbocycles. The lowest BCUT2D eigenvalue weighted by molar-refractivity contribution is 0.152. The normalized spacial score (nSPS) is 12.4. The highest BCUT2D eigenvalue weighted by Crippen LogP contribution is 2.33. The third-order valence-electron chi connectivity index (χ3n) is 4.77. The number of H-pyrrole nitrogens is 1. The van der Waals surface area contributed by atoms with Gasteiger partial charge >= 0.3 is 0 Å². The lowest BCUT2D eigenvalue weighted by Gasteiger charge is -2.10. The van der Waals surface area contributed by atoms with Crippen LogP contribution in [0.5, 0.6) is 0 Å². The number of aliphatic hydroxyl groups is 1. The Morgan fingerprint density at radius 2 is 1.96 bits per heavy atom. The van der Waals surface area contributed by atoms with Crippen molar-refractivity contribution in [1.82, 2.24) is 20.0 Å². The van der Waals surface area contributed by atoms with Crippen LogP contribution >= 0.6 is 0 Å². The Morgan fingerprint density at radius 1 is 1.19 bits per heavy atom. The number of fused-ring (bicyclic) bond motifs is 1. The van der Waals surface area contributed by atoms with E-state index in [1.54, 1.807) is 4.68 Å². The van der Waals surface area contributed by atoms with E-state index in [1.165, 1.54) is 0 Å². The van der Waals surface area contributed by atoms with Crippen molar-refractivity contribution < 1.29 is 5.11 Å². The Bertz CT molecular complexity index is 1110. The van der Waals surface area contributed by atoms with Crippen molar-refractivity contribution in [2.75, 3.05) is 0 Å². The molecule has 0 bridgehead atoms. The van der Waals surface area contributed by atoms with Crippen molar-refractivity contribution >= 4 is 16.5 Å². The van der Waals surface area contributed by atoms with Gasteiger partial charge in [-0.25, -0.2) is 0 Å². The molecule has 2 aromatic heterocycles. The first kappa shape index (κ1) is 17.2. The molecule has 0 amide bonds. The van der Waals surface area contributed by atoms with Crippen LogP contribution in [-0.4, -0.2) is 25.1 Å². The first-order chi connectivity index (χ1) is 13.0. The van der Waals surface area contributed by atoms with Gasteiger partial charge in [-0.2, -0.15) is 10.2 Å². The smallest absolute Gasteiger partial charge is 0.101 e. The van der Waals surface area contributed by atoms with Gasteiger partial charge in [-0.15, -0.1) is 0 Å². The summed E-state index contributed by atoms with van der Waals surface area (Å²) >= 11 is 0. The summed E-state index contributed by atoms with van der Waals surface area (Å²) < 4.78 is 1.80. The lowest BCUT2D eigenvalue weighted by atomic mass is 9.99. The van der Waals surface area contributed by atoms with E-state index in [9.17, 15) is 5.11 Å². The third-order valence-corrected chi connectivity index (χ3v) is 4.77. The largest absolute Gasteiger partial charge is 0.386 e. The summed E-state index contributed by atoms with van der Waals surface area (Å²) in [6.07, 6.45) is 1.37. The van der Waals surface area contributed by atoms with Gasteiger partial charge in [-0.1, -0.05) is 49.0 Å². The molecule has 4 aromatic rings. The van der Waals surface area contributed by atoms with Crippen LogP contribution < -0.4 is 0 Å². The second-order valence-electron chi connectivity index (χ2n) is 6.87. The minimum Gasteiger partial charge on any atom is -0.386 e. The highest BCUT2D eigenvalue weighted by molar-refractivity contribution is 5.96. The highest BCUT2D eigenvalue weighted by Gasteiger charge is 2.17. The third kappa shape index (κ3) is 3.17. The van der Waals surface area contributed by atoms with E-state index >= 15 is 0 Å². The predicted molar refractivity (Wildman–Crippen MR) is 108 cm³/mol. The van der Waals surface area contributed by atoms with Gasteiger partial charge in [0.15, 0.2) is 0 Å². The van der Waals surface area contributed by atoms with E-state index in [0.717, 1.165) is 44.6 Å². The quantitative estimate of drug-likeness (QED) is 0.552. The number of aryl methyl sites for hydroxylation is 1. The fraction of sp³-hybridized carbons (Fsp3) is 0.182. The average Bonchev–Trinajstić information content (AvgIpc) is 3.25. The SMILES string of the molecule is C=C(C)c1c(-c2cccc3nn(C[C@H](O)c4ccccc4)cc23)n[nH]c1C. The van der Waals surface area contributed by atoms with Gasteiger partial charge in [0, 0.05) is 28.4 Å². The van der Waals surface area contributed by atoms with Crippen molar-refractivity contribution in [1.29, 1.82) is 0 Å². The van der Waals surface area contributed by atoms with E-state index in [2.05, 4.69) is 21.9 Å². The summed E-state index contributed by atoms with van der Waals surface area (Å²) in [5.41, 5.74) is 6.66. The van der Waals surface area contributed by atoms with Crippen molar-refractivity contribution in [3.63, 3.8) is 0 Å². The average molecular weight is 358 g/mol. The van der Waals surface area contributed by atoms with Crippen molar-refractivity contribution in [2.45, 2.75) is 26.5 Å². The van der Waals surface area contributed by atoms with Crippen LogP contribution in [0.15, 0.2) is 61.3 Å². The van der Waals surface area contributed by atoms with E-state index in [0.29, 0.717) is 6.54 Å². The van der Waals surface area contributed by atoms with Gasteiger partial charge < -0.3 is 5.11 Å². The fourth-order valence-corrected chi connectivity index (χ4v) is 3.50. The Kier molecular flexibility index (Phi) is 4.38. The number of hydrogen-bond donors (Lipinski definition) is 2. The Labute approximate surface area is 158 Å². The van der Waals surface area contributed by atoms with Crippen LogP contribution in [0.1, 0.15) is 29.8 Å². The summed E-state index contributed by atoms with van der Waals surface area (Å²) in [4.78, 5) is 0. The number of aromatic amines is 1. The Hall–Kier alpha value is -3.18. The maximum absolute atomic E-state index is 10.5. The number of aliphatic hydroxyl groups excluding tert-OH is 1. The van der Waals surface area contributed by atoms with Gasteiger partial charge in [0.1, 0.15) is 5.69 Å². The number of allylic oxidation sites excluding steroid dienone is 1. The Balaban J connectivity index is 1.74. The zero-order valence-corrected chi connectivity index (χ0v) is 15.5. The molecule has 27 heavy (non-hydrogen) atoms. The molecular weight excluding hydrogens is 336 g/mol. The molecule has 0 aliphatic carbocycles. The zero-order valence-electron chi connectivity index (χ0n) is 15.5. The molecule has 136 valence electrons. The molecule has 2 aromatic carbocycles. The van der Waals surface area contributed by atoms with Crippen molar-refractivity contribution in [2.24, 2.45) is 0 Å². The first-order valence-corrected chi connectivity index (χ1v) is 8.95. The molecule has 0 radical (unpaired) electrons. The maximum Gasteiger partial charge on any atom is 0.101 e. The zero-order chi connectivity index (χ0) is 19.0. The topological polar surface area (TPSA) is 66.7 Å². The molecule has 5 heteroatoms. The monoisotopic (exact) mass is 358 g/mol. The van der Waals surface area contributed by atoms with Gasteiger partial charge in [-0.05, 0) is 31.1 Å². The minimum absolute atomic E-state index is 0.394. The molecule has 5 nitrogen and oxygen atoms in total. The van der Waals surface area contributed by atoms with Gasteiger partial charge in [0.2, 0.25) is 0 Å². The number of hydrogen-bond acceptors (Lipinski definition) is 3. The molecule has 4 rings (SSSR count). The van der Waals surface area contributed by atoms with Gasteiger partial charge in [-0.3, -0.25) is 9.78 Å². The summed E-state index contributed by atoms with van der Waals surface area (Å²) in [5, 5.41) is 23.7. The van der Waals surface area contributed by atoms with E-state index < -0.39 is 6.10 Å². The first-order valence-electron chi connectivity index (χ1n) is 8.95. The molecule has 1 atom stereocenters. The Morgan fingerprint density at radius 3 is 2.70 bits per heavy atom. The molecule has 0 aliphatic heterocycles. The van der Waals surface area contributed by atoms with Crippen LogP contribution in [0.4, 0.5) is 0 Å². The second kappa shape index (κ2) is 6.85. The van der Waals surface area contributed by atoms with Gasteiger partial charge in [0.25, 0.3) is 0 Å². The number of benzene rings is 2. The molecule has 0 saturated heterocycles. The van der Waals surface area contributed by atoms with E-state index in [4.69, 9.17) is 0 Å². The fourth-order valence-electron chi connectivity index (χ4n) is 3.50. The number of nitrogens with one attached hydrogen (secondary N) is 1. The molecule has 0 fully saturated rings. The maximum atomic E-state index is 10.5. The van der Waals surface area contributed by atoms with E-state index in [-0.39, 0.29) is 0 Å². The number of nitrogens with zero attached hydrogens (tertiary/aromatic N) is 3. The van der Waals surface area contributed by atoms with Crippen LogP contribution in [0, 0.1) is 6.92 Å². The number of aromatic nitrogens is 4. The molecule has 2 N–H and O–H groups in total. The van der Waals surface area contributed by atoms with Crippen LogP contribution in [0.2, 0.25) is 0 Å². The summed E-state index contributed by atoms with van der Waals surface area (Å²) in [5.74, 6) is 0. The van der Waals surface area contributed by atoms with Crippen molar-refractivity contribution in [3.8, 4) is 11.3 Å². The predicted octanol–water partition coefficient (Wildman–Crippen LogP) is 4.50. The molecular formula is C22H22N4O. The summed E-state index contributed by atoms with van der Waals surface area (Å²) in [6, 6.07) is 15.6. The van der Waals surface area contributed by atoms with Crippen LogP contribution in [-0.2, 0) is 6.54 Å². The molecule has 2 heterocycles. The van der Waals surface area contributed by atoms with E-state index in [1.807, 2.05) is 68.6 Å². The molecule has 0 aliphatic rings. The van der Waals surface area contributed by atoms with Crippen LogP contribution in [0.25, 0.3) is 27.7 Å². The number of rotatable bonds is 5. The van der Waals surface area contributed by atoms with Crippen LogP contribution in [0.3, 0.4) is 0 Å². The molecule has 0 unspecified atom stereocenters.